The molecule has 0 bridgehead atoms. The first-order valence-corrected chi connectivity index (χ1v) is 6.75. The molecule has 1 aliphatic rings. The van der Waals surface area contributed by atoms with Gasteiger partial charge < -0.3 is 5.32 Å². The molecule has 1 aromatic rings. The van der Waals surface area contributed by atoms with E-state index in [1.54, 1.807) is 0 Å². The van der Waals surface area contributed by atoms with Gasteiger partial charge in [-0.25, -0.2) is 0 Å². The molecule has 1 fully saturated rings. The van der Waals surface area contributed by atoms with Crippen LogP contribution in [0.1, 0.15) is 24.8 Å². The van der Waals surface area contributed by atoms with E-state index in [0.29, 0.717) is 0 Å². The van der Waals surface area contributed by atoms with Crippen LogP contribution in [0.25, 0.3) is 0 Å². The van der Waals surface area contributed by atoms with Crippen molar-refractivity contribution in [1.29, 1.82) is 0 Å². The van der Waals surface area contributed by atoms with Crippen LogP contribution in [0, 0.1) is 12.3 Å². The third-order valence-corrected chi connectivity index (χ3v) is 3.83. The lowest BCUT2D eigenvalue weighted by atomic mass is 9.72. The molecule has 100 valence electrons. The van der Waals surface area contributed by atoms with Crippen molar-refractivity contribution in [2.75, 3.05) is 13.1 Å². The second-order valence-corrected chi connectivity index (χ2v) is 5.21. The number of rotatable bonds is 5. The Labute approximate surface area is 118 Å². The third-order valence-electron chi connectivity index (χ3n) is 3.58. The van der Waals surface area contributed by atoms with E-state index in [1.807, 2.05) is 24.3 Å². The van der Waals surface area contributed by atoms with E-state index in [4.69, 9.17) is 18.0 Å². The van der Waals surface area contributed by atoms with Crippen LogP contribution in [0.5, 0.6) is 0 Å². The smallest absolute Gasteiger partial charge is 0.234 e. The summed E-state index contributed by atoms with van der Waals surface area (Å²) in [5.41, 5.74) is 1.10. The van der Waals surface area contributed by atoms with Crippen LogP contribution in [0.2, 0.25) is 5.02 Å². The highest BCUT2D eigenvalue weighted by Crippen LogP contribution is 2.41. The molecular weight excluding hydrogens is 260 g/mol. The van der Waals surface area contributed by atoms with E-state index in [1.165, 1.54) is 12.0 Å². The topological polar surface area (TPSA) is 41.1 Å². The molecule has 0 radical (unpaired) electrons. The predicted octanol–water partition coefficient (Wildman–Crippen LogP) is 2.06. The summed E-state index contributed by atoms with van der Waals surface area (Å²) in [5, 5.41) is 6.74. The van der Waals surface area contributed by atoms with E-state index in [9.17, 15) is 4.79 Å². The van der Waals surface area contributed by atoms with Crippen molar-refractivity contribution in [3.63, 3.8) is 0 Å². The number of carbonyl (C=O) groups excluding carboxylic acids is 1. The van der Waals surface area contributed by atoms with Crippen LogP contribution >= 0.6 is 11.6 Å². The van der Waals surface area contributed by atoms with Crippen molar-refractivity contribution in [1.82, 2.24) is 10.6 Å². The Balaban J connectivity index is 1.97. The average Bonchev–Trinajstić information content (AvgIpc) is 2.37. The van der Waals surface area contributed by atoms with E-state index in [0.717, 1.165) is 17.9 Å². The minimum atomic E-state index is -0.0852. The average molecular weight is 277 g/mol. The van der Waals surface area contributed by atoms with E-state index in [2.05, 4.69) is 16.6 Å². The minimum Gasteiger partial charge on any atom is -0.344 e. The number of terminal acetylenes is 1. The van der Waals surface area contributed by atoms with Crippen LogP contribution < -0.4 is 10.6 Å². The van der Waals surface area contributed by atoms with Crippen LogP contribution in [0.4, 0.5) is 0 Å². The standard InChI is InChI=1S/C15H17ClN2O/c1-2-10-17-14(19)11-18-15(8-3-9-15)12-4-6-13(16)7-5-12/h1,4-7,18H,3,8-11H2,(H,17,19). The first-order valence-electron chi connectivity index (χ1n) is 6.37. The Bertz CT molecular complexity index is 486. The number of carbonyl (C=O) groups is 1. The Kier molecular flexibility index (Phi) is 4.47. The predicted molar refractivity (Wildman–Crippen MR) is 76.8 cm³/mol. The van der Waals surface area contributed by atoms with Gasteiger partial charge in [0.25, 0.3) is 0 Å². The van der Waals surface area contributed by atoms with E-state index in [-0.39, 0.29) is 24.5 Å². The van der Waals surface area contributed by atoms with Gasteiger partial charge in [0.2, 0.25) is 5.91 Å². The molecule has 19 heavy (non-hydrogen) atoms. The van der Waals surface area contributed by atoms with Gasteiger partial charge in [-0.1, -0.05) is 29.7 Å². The molecule has 4 heteroatoms. The quantitative estimate of drug-likeness (QED) is 0.809. The molecule has 1 aliphatic carbocycles. The van der Waals surface area contributed by atoms with Crippen LogP contribution in [-0.2, 0) is 10.3 Å². The molecule has 0 saturated heterocycles. The number of hydrogen-bond donors (Lipinski definition) is 2. The second-order valence-electron chi connectivity index (χ2n) is 4.78. The Morgan fingerprint density at radius 3 is 2.58 bits per heavy atom. The summed E-state index contributed by atoms with van der Waals surface area (Å²) in [6.07, 6.45) is 8.35. The monoisotopic (exact) mass is 276 g/mol. The summed E-state index contributed by atoms with van der Waals surface area (Å²) in [6, 6.07) is 7.82. The van der Waals surface area contributed by atoms with Gasteiger partial charge in [0.15, 0.2) is 0 Å². The second kappa shape index (κ2) is 6.10. The molecule has 1 saturated carbocycles. The number of benzene rings is 1. The SMILES string of the molecule is C#CCNC(=O)CNC1(c2ccc(Cl)cc2)CCC1. The van der Waals surface area contributed by atoms with Crippen LogP contribution in [0.3, 0.4) is 0 Å². The zero-order valence-corrected chi connectivity index (χ0v) is 11.5. The Hall–Kier alpha value is -1.50. The summed E-state index contributed by atoms with van der Waals surface area (Å²) in [4.78, 5) is 11.6. The van der Waals surface area contributed by atoms with Gasteiger partial charge in [0.1, 0.15) is 0 Å². The maximum absolute atomic E-state index is 11.6. The highest BCUT2D eigenvalue weighted by Gasteiger charge is 2.38. The van der Waals surface area contributed by atoms with Crippen LogP contribution in [0.15, 0.2) is 24.3 Å². The number of nitrogens with one attached hydrogen (secondary N) is 2. The first kappa shape index (κ1) is 13.9. The lowest BCUT2D eigenvalue weighted by Gasteiger charge is -2.43. The first-order chi connectivity index (χ1) is 9.16. The van der Waals surface area contributed by atoms with Gasteiger partial charge in [-0.3, -0.25) is 10.1 Å². The highest BCUT2D eigenvalue weighted by molar-refractivity contribution is 6.30. The van der Waals surface area contributed by atoms with Crippen LogP contribution in [-0.4, -0.2) is 19.0 Å². The van der Waals surface area contributed by atoms with Crippen molar-refractivity contribution in [3.8, 4) is 12.3 Å². The Morgan fingerprint density at radius 1 is 1.37 bits per heavy atom. The summed E-state index contributed by atoms with van der Waals surface area (Å²) < 4.78 is 0. The molecule has 0 aliphatic heterocycles. The van der Waals surface area contributed by atoms with Crippen molar-refractivity contribution in [2.45, 2.75) is 24.8 Å². The van der Waals surface area contributed by atoms with Gasteiger partial charge in [-0.05, 0) is 37.0 Å². The number of amides is 1. The van der Waals surface area contributed by atoms with Gasteiger partial charge in [-0.2, -0.15) is 0 Å². The largest absolute Gasteiger partial charge is 0.344 e. The fourth-order valence-corrected chi connectivity index (χ4v) is 2.45. The fourth-order valence-electron chi connectivity index (χ4n) is 2.33. The molecular formula is C15H17ClN2O. The minimum absolute atomic E-state index is 0.0711. The molecule has 2 rings (SSSR count). The van der Waals surface area contributed by atoms with Gasteiger partial charge in [0.05, 0.1) is 13.1 Å². The molecule has 0 heterocycles. The summed E-state index contributed by atoms with van der Waals surface area (Å²) >= 11 is 5.90. The fraction of sp³-hybridized carbons (Fsp3) is 0.400. The molecule has 1 amide bonds. The number of hydrogen-bond acceptors (Lipinski definition) is 2. The van der Waals surface area contributed by atoms with E-state index < -0.39 is 0 Å². The summed E-state index contributed by atoms with van der Waals surface area (Å²) in [5.74, 6) is 2.32. The van der Waals surface area contributed by atoms with Crippen molar-refractivity contribution in [2.24, 2.45) is 0 Å². The van der Waals surface area contributed by atoms with Crippen molar-refractivity contribution in [3.05, 3.63) is 34.9 Å². The molecule has 3 nitrogen and oxygen atoms in total. The van der Waals surface area contributed by atoms with Gasteiger partial charge >= 0.3 is 0 Å². The molecule has 0 aromatic heterocycles. The normalized spacial score (nSPS) is 16.2. The lowest BCUT2D eigenvalue weighted by molar-refractivity contribution is -0.120. The third kappa shape index (κ3) is 3.28. The number of halogens is 1. The zero-order valence-electron chi connectivity index (χ0n) is 10.7. The van der Waals surface area contributed by atoms with E-state index >= 15 is 0 Å². The molecule has 0 atom stereocenters. The Morgan fingerprint density at radius 2 is 2.05 bits per heavy atom. The molecule has 2 N–H and O–H groups in total. The van der Waals surface area contributed by atoms with Gasteiger partial charge in [0, 0.05) is 10.6 Å². The van der Waals surface area contributed by atoms with Gasteiger partial charge in [-0.15, -0.1) is 6.42 Å². The molecule has 1 aromatic carbocycles. The maximum Gasteiger partial charge on any atom is 0.234 e. The summed E-state index contributed by atoms with van der Waals surface area (Å²) in [7, 11) is 0. The van der Waals surface area contributed by atoms with Crippen molar-refractivity contribution < 1.29 is 4.79 Å². The maximum atomic E-state index is 11.6. The highest BCUT2D eigenvalue weighted by atomic mass is 35.5. The molecule has 0 spiro atoms. The lowest BCUT2D eigenvalue weighted by Crippen LogP contribution is -2.51. The van der Waals surface area contributed by atoms with Crippen molar-refractivity contribution >= 4 is 17.5 Å². The summed E-state index contributed by atoms with van der Waals surface area (Å²) in [6.45, 7) is 0.554. The zero-order chi connectivity index (χ0) is 13.7. The molecule has 0 unspecified atom stereocenters.